The van der Waals surface area contributed by atoms with Crippen LogP contribution >= 0.6 is 0 Å². The number of piperazine rings is 1. The van der Waals surface area contributed by atoms with Gasteiger partial charge in [-0.2, -0.15) is 0 Å². The van der Waals surface area contributed by atoms with E-state index in [4.69, 9.17) is 10.5 Å². The van der Waals surface area contributed by atoms with Gasteiger partial charge in [-0.15, -0.1) is 0 Å². The average molecular weight is 255 g/mol. The number of hydrogen-bond donors (Lipinski definition) is 1. The van der Waals surface area contributed by atoms with Gasteiger partial charge in [0.05, 0.1) is 12.2 Å². The highest BCUT2D eigenvalue weighted by molar-refractivity contribution is 4.94. The van der Waals surface area contributed by atoms with E-state index in [0.29, 0.717) is 24.8 Å². The number of nitrogens with zero attached hydrogens (tertiary/aromatic N) is 2. The van der Waals surface area contributed by atoms with Crippen molar-refractivity contribution in [1.82, 2.24) is 9.80 Å². The van der Waals surface area contributed by atoms with E-state index in [1.165, 1.54) is 6.42 Å². The molecule has 2 aliphatic rings. The zero-order chi connectivity index (χ0) is 13.3. The predicted octanol–water partition coefficient (Wildman–Crippen LogP) is 0.907. The van der Waals surface area contributed by atoms with Gasteiger partial charge in [0.25, 0.3) is 0 Å². The van der Waals surface area contributed by atoms with Crippen LogP contribution in [0.15, 0.2) is 0 Å². The molecule has 2 aliphatic heterocycles. The van der Waals surface area contributed by atoms with Crippen LogP contribution < -0.4 is 5.73 Å². The highest BCUT2D eigenvalue weighted by Gasteiger charge is 2.38. The Morgan fingerprint density at radius 3 is 2.56 bits per heavy atom. The minimum absolute atomic E-state index is 0.232. The zero-order valence-corrected chi connectivity index (χ0v) is 12.4. The van der Waals surface area contributed by atoms with Crippen LogP contribution in [0.4, 0.5) is 0 Å². The van der Waals surface area contributed by atoms with Crippen molar-refractivity contribution in [2.75, 3.05) is 33.2 Å². The maximum Gasteiger partial charge on any atom is 0.0747 e. The predicted molar refractivity (Wildman–Crippen MR) is 74.7 cm³/mol. The topological polar surface area (TPSA) is 41.7 Å². The van der Waals surface area contributed by atoms with E-state index in [0.717, 1.165) is 26.1 Å². The molecule has 18 heavy (non-hydrogen) atoms. The van der Waals surface area contributed by atoms with Crippen molar-refractivity contribution < 1.29 is 4.74 Å². The van der Waals surface area contributed by atoms with Gasteiger partial charge in [0, 0.05) is 37.8 Å². The summed E-state index contributed by atoms with van der Waals surface area (Å²) in [6.45, 7) is 10.8. The second kappa shape index (κ2) is 5.45. The van der Waals surface area contributed by atoms with Crippen LogP contribution in [0.2, 0.25) is 0 Å². The Bertz CT molecular complexity index is 282. The highest BCUT2D eigenvalue weighted by atomic mass is 16.5. The summed E-state index contributed by atoms with van der Waals surface area (Å²) in [5.74, 6) is 0. The minimum atomic E-state index is 0.232. The molecule has 3 atom stereocenters. The SMILES string of the molecule is CC1CCC(C(CN)N2CCN(C)C(C)(C)C2)O1. The molecule has 0 saturated carbocycles. The summed E-state index contributed by atoms with van der Waals surface area (Å²) in [5.41, 5.74) is 6.25. The summed E-state index contributed by atoms with van der Waals surface area (Å²) in [6.07, 6.45) is 3.09. The number of rotatable bonds is 3. The van der Waals surface area contributed by atoms with E-state index in [1.54, 1.807) is 0 Å². The number of nitrogens with two attached hydrogens (primary N) is 1. The van der Waals surface area contributed by atoms with E-state index in [-0.39, 0.29) is 5.54 Å². The molecule has 0 aromatic rings. The second-order valence-corrected chi connectivity index (χ2v) is 6.57. The first-order valence-electron chi connectivity index (χ1n) is 7.25. The molecule has 2 heterocycles. The molecule has 4 nitrogen and oxygen atoms in total. The van der Waals surface area contributed by atoms with Gasteiger partial charge >= 0.3 is 0 Å². The van der Waals surface area contributed by atoms with Gasteiger partial charge in [-0.25, -0.2) is 0 Å². The first-order chi connectivity index (χ1) is 8.44. The Morgan fingerprint density at radius 1 is 1.33 bits per heavy atom. The average Bonchev–Trinajstić information content (AvgIpc) is 2.71. The van der Waals surface area contributed by atoms with Crippen molar-refractivity contribution in [3.05, 3.63) is 0 Å². The molecule has 106 valence electrons. The summed E-state index contributed by atoms with van der Waals surface area (Å²) in [7, 11) is 2.21. The first kappa shape index (κ1) is 14.3. The smallest absolute Gasteiger partial charge is 0.0747 e. The van der Waals surface area contributed by atoms with Gasteiger partial charge in [0.15, 0.2) is 0 Å². The van der Waals surface area contributed by atoms with E-state index < -0.39 is 0 Å². The molecular weight excluding hydrogens is 226 g/mol. The van der Waals surface area contributed by atoms with Gasteiger partial charge < -0.3 is 10.5 Å². The van der Waals surface area contributed by atoms with E-state index in [1.807, 2.05) is 0 Å². The molecule has 0 amide bonds. The van der Waals surface area contributed by atoms with Gasteiger partial charge in [0.2, 0.25) is 0 Å². The fourth-order valence-electron chi connectivity index (χ4n) is 3.21. The molecule has 0 bridgehead atoms. The summed E-state index contributed by atoms with van der Waals surface area (Å²) < 4.78 is 6.03. The lowest BCUT2D eigenvalue weighted by molar-refractivity contribution is -0.0428. The molecule has 0 spiro atoms. The van der Waals surface area contributed by atoms with Crippen molar-refractivity contribution in [3.63, 3.8) is 0 Å². The van der Waals surface area contributed by atoms with Crippen LogP contribution in [0.5, 0.6) is 0 Å². The van der Waals surface area contributed by atoms with Gasteiger partial charge in [-0.1, -0.05) is 0 Å². The standard InChI is InChI=1S/C14H29N3O/c1-11-5-6-13(18-11)12(9-15)17-8-7-16(4)14(2,3)10-17/h11-13H,5-10,15H2,1-4H3. The highest BCUT2D eigenvalue weighted by Crippen LogP contribution is 2.27. The van der Waals surface area contributed by atoms with Gasteiger partial charge in [-0.3, -0.25) is 9.80 Å². The maximum absolute atomic E-state index is 6.03. The molecule has 4 heteroatoms. The van der Waals surface area contributed by atoms with Gasteiger partial charge in [-0.05, 0) is 40.7 Å². The molecule has 2 rings (SSSR count). The fraction of sp³-hybridized carbons (Fsp3) is 1.00. The zero-order valence-electron chi connectivity index (χ0n) is 12.4. The second-order valence-electron chi connectivity index (χ2n) is 6.57. The molecule has 2 saturated heterocycles. The molecule has 0 radical (unpaired) electrons. The minimum Gasteiger partial charge on any atom is -0.374 e. The number of ether oxygens (including phenoxy) is 1. The Hall–Kier alpha value is -0.160. The quantitative estimate of drug-likeness (QED) is 0.814. The third-order valence-corrected chi connectivity index (χ3v) is 4.75. The Morgan fingerprint density at radius 2 is 2.06 bits per heavy atom. The fourth-order valence-corrected chi connectivity index (χ4v) is 3.21. The van der Waals surface area contributed by atoms with E-state index in [9.17, 15) is 0 Å². The number of hydrogen-bond acceptors (Lipinski definition) is 4. The Balaban J connectivity index is 2.00. The third kappa shape index (κ3) is 2.87. The van der Waals surface area contributed by atoms with Crippen LogP contribution in [-0.2, 0) is 4.74 Å². The van der Waals surface area contributed by atoms with Crippen LogP contribution in [0.3, 0.4) is 0 Å². The summed E-state index contributed by atoms with van der Waals surface area (Å²) >= 11 is 0. The van der Waals surface area contributed by atoms with Crippen LogP contribution in [0.25, 0.3) is 0 Å². The molecule has 0 aromatic heterocycles. The monoisotopic (exact) mass is 255 g/mol. The lowest BCUT2D eigenvalue weighted by Crippen LogP contribution is -2.62. The Kier molecular flexibility index (Phi) is 4.32. The summed E-state index contributed by atoms with van der Waals surface area (Å²) in [4.78, 5) is 4.98. The van der Waals surface area contributed by atoms with Crippen LogP contribution in [-0.4, -0.2) is 66.8 Å². The Labute approximate surface area is 111 Å². The van der Waals surface area contributed by atoms with Crippen molar-refractivity contribution in [2.24, 2.45) is 5.73 Å². The summed E-state index contributed by atoms with van der Waals surface area (Å²) in [5, 5.41) is 0. The van der Waals surface area contributed by atoms with Crippen LogP contribution in [0.1, 0.15) is 33.6 Å². The lowest BCUT2D eigenvalue weighted by Gasteiger charge is -2.48. The van der Waals surface area contributed by atoms with Gasteiger partial charge in [0.1, 0.15) is 0 Å². The van der Waals surface area contributed by atoms with Crippen molar-refractivity contribution in [2.45, 2.75) is 57.4 Å². The summed E-state index contributed by atoms with van der Waals surface area (Å²) in [6, 6.07) is 0.392. The number of likely N-dealkylation sites (N-methyl/N-ethyl adjacent to an activating group) is 1. The molecule has 0 aliphatic carbocycles. The molecule has 2 fully saturated rings. The van der Waals surface area contributed by atoms with Crippen molar-refractivity contribution >= 4 is 0 Å². The maximum atomic E-state index is 6.03. The third-order valence-electron chi connectivity index (χ3n) is 4.75. The molecule has 2 N–H and O–H groups in total. The first-order valence-corrected chi connectivity index (χ1v) is 7.25. The van der Waals surface area contributed by atoms with E-state index in [2.05, 4.69) is 37.6 Å². The van der Waals surface area contributed by atoms with Crippen molar-refractivity contribution in [3.8, 4) is 0 Å². The normalized spacial score (nSPS) is 35.8. The molecular formula is C14H29N3O. The van der Waals surface area contributed by atoms with Crippen molar-refractivity contribution in [1.29, 1.82) is 0 Å². The van der Waals surface area contributed by atoms with E-state index >= 15 is 0 Å². The molecule has 3 unspecified atom stereocenters. The van der Waals surface area contributed by atoms with Crippen LogP contribution in [0, 0.1) is 0 Å². The molecule has 0 aromatic carbocycles. The largest absolute Gasteiger partial charge is 0.374 e. The lowest BCUT2D eigenvalue weighted by atomic mass is 9.96.